The number of benzene rings is 2. The molecule has 2 aromatic heterocycles. The van der Waals surface area contributed by atoms with E-state index in [0.29, 0.717) is 35.5 Å². The van der Waals surface area contributed by atoms with Gasteiger partial charge in [-0.05, 0) is 73.7 Å². The Kier molecular flexibility index (Phi) is 7.08. The maximum atomic E-state index is 16.6. The third kappa shape index (κ3) is 5.06. The van der Waals surface area contributed by atoms with Crippen molar-refractivity contribution in [1.29, 1.82) is 0 Å². The molecule has 2 atom stereocenters. The number of rotatable bonds is 7. The van der Waals surface area contributed by atoms with Gasteiger partial charge >= 0.3 is 6.01 Å². The molecule has 0 aliphatic carbocycles. The van der Waals surface area contributed by atoms with E-state index in [1.54, 1.807) is 18.3 Å². The number of phenols is 1. The number of piperidine rings is 1. The van der Waals surface area contributed by atoms with Gasteiger partial charge in [-0.25, -0.2) is 4.39 Å². The molecular weight excluding hydrogens is 519 g/mol. The number of ether oxygens (including phenoxy) is 1. The van der Waals surface area contributed by atoms with Gasteiger partial charge < -0.3 is 20.1 Å². The summed E-state index contributed by atoms with van der Waals surface area (Å²) in [6.45, 7) is 7.09. The number of halogens is 1. The van der Waals surface area contributed by atoms with Crippen LogP contribution < -0.4 is 15.0 Å². The zero-order chi connectivity index (χ0) is 27.9. The number of aromatic hydroxyl groups is 1. The number of likely N-dealkylation sites (tertiary alicyclic amines) is 1. The van der Waals surface area contributed by atoms with Crippen LogP contribution in [0.5, 0.6) is 11.8 Å². The lowest BCUT2D eigenvalue weighted by Crippen LogP contribution is -2.51. The lowest BCUT2D eigenvalue weighted by atomic mass is 9.95. The lowest BCUT2D eigenvalue weighted by molar-refractivity contribution is 0.177. The second-order valence-electron chi connectivity index (χ2n) is 11.7. The van der Waals surface area contributed by atoms with Gasteiger partial charge in [0.25, 0.3) is 0 Å². The van der Waals surface area contributed by atoms with Crippen LogP contribution in [0.25, 0.3) is 32.9 Å². The lowest BCUT2D eigenvalue weighted by Gasteiger charge is -2.34. The van der Waals surface area contributed by atoms with Crippen LogP contribution in [0.2, 0.25) is 0 Å². The third-order valence-corrected chi connectivity index (χ3v) is 8.93. The molecule has 9 heteroatoms. The van der Waals surface area contributed by atoms with E-state index in [4.69, 9.17) is 9.72 Å². The topological polar surface area (TPSA) is 86.6 Å². The Morgan fingerprint density at radius 2 is 1.88 bits per heavy atom. The van der Waals surface area contributed by atoms with E-state index in [0.717, 1.165) is 68.3 Å². The second kappa shape index (κ2) is 11.0. The highest BCUT2D eigenvalue weighted by atomic mass is 19.1. The first-order valence-electron chi connectivity index (χ1n) is 15.0. The van der Waals surface area contributed by atoms with Crippen molar-refractivity contribution in [1.82, 2.24) is 25.2 Å². The first-order chi connectivity index (χ1) is 20.1. The number of anilines is 1. The average Bonchev–Trinajstić information content (AvgIpc) is 3.33. The SMILES string of the molecule is CCc1cccc2cc(O)cc(-c3ncc4c(N5CC6CCC(C5)N6)nc(OCCN5CCCCC5)nc4c3F)c12. The Morgan fingerprint density at radius 3 is 2.66 bits per heavy atom. The first-order valence-corrected chi connectivity index (χ1v) is 15.0. The highest BCUT2D eigenvalue weighted by molar-refractivity contribution is 6.01. The Bertz CT molecular complexity index is 1580. The van der Waals surface area contributed by atoms with Gasteiger partial charge in [0, 0.05) is 43.5 Å². The van der Waals surface area contributed by atoms with Gasteiger partial charge in [0.2, 0.25) is 0 Å². The molecule has 0 radical (unpaired) electrons. The zero-order valence-corrected chi connectivity index (χ0v) is 23.6. The van der Waals surface area contributed by atoms with Gasteiger partial charge in [-0.2, -0.15) is 9.97 Å². The summed E-state index contributed by atoms with van der Waals surface area (Å²) in [7, 11) is 0. The minimum atomic E-state index is -0.525. The summed E-state index contributed by atoms with van der Waals surface area (Å²) in [5.41, 5.74) is 2.00. The summed E-state index contributed by atoms with van der Waals surface area (Å²) < 4.78 is 22.7. The summed E-state index contributed by atoms with van der Waals surface area (Å²) in [5.74, 6) is 0.223. The molecular formula is C32H37FN6O2. The highest BCUT2D eigenvalue weighted by Crippen LogP contribution is 2.39. The van der Waals surface area contributed by atoms with Crippen LogP contribution in [0.3, 0.4) is 0 Å². The maximum absolute atomic E-state index is 16.6. The fourth-order valence-corrected chi connectivity index (χ4v) is 6.91. The van der Waals surface area contributed by atoms with Crippen LogP contribution in [-0.4, -0.2) is 76.4 Å². The Hall–Kier alpha value is -3.56. The maximum Gasteiger partial charge on any atom is 0.319 e. The van der Waals surface area contributed by atoms with Crippen LogP contribution in [0.4, 0.5) is 10.2 Å². The van der Waals surface area contributed by atoms with Gasteiger partial charge in [-0.15, -0.1) is 0 Å². The van der Waals surface area contributed by atoms with Gasteiger partial charge in [-0.1, -0.05) is 31.5 Å². The monoisotopic (exact) mass is 556 g/mol. The molecule has 3 aliphatic heterocycles. The minimum Gasteiger partial charge on any atom is -0.508 e. The van der Waals surface area contributed by atoms with E-state index in [-0.39, 0.29) is 23.0 Å². The van der Waals surface area contributed by atoms with Gasteiger partial charge in [0.05, 0.1) is 5.39 Å². The van der Waals surface area contributed by atoms with Crippen molar-refractivity contribution in [3.8, 4) is 23.0 Å². The number of pyridine rings is 1. The van der Waals surface area contributed by atoms with E-state index in [1.807, 2.05) is 18.2 Å². The van der Waals surface area contributed by atoms with E-state index in [2.05, 4.69) is 32.0 Å². The van der Waals surface area contributed by atoms with Crippen LogP contribution >= 0.6 is 0 Å². The number of fused-ring (bicyclic) bond motifs is 4. The van der Waals surface area contributed by atoms with Crippen molar-refractivity contribution in [2.75, 3.05) is 44.2 Å². The smallest absolute Gasteiger partial charge is 0.319 e. The summed E-state index contributed by atoms with van der Waals surface area (Å²) in [6, 6.07) is 10.2. The molecule has 2 bridgehead atoms. The van der Waals surface area contributed by atoms with E-state index in [1.165, 1.54) is 19.3 Å². The molecule has 41 heavy (non-hydrogen) atoms. The number of phenolic OH excluding ortho intramolecular Hbond substituents is 1. The number of hydrogen-bond donors (Lipinski definition) is 2. The van der Waals surface area contributed by atoms with E-state index >= 15 is 4.39 Å². The number of nitrogens with one attached hydrogen (secondary N) is 1. The Labute approximate surface area is 239 Å². The molecule has 0 spiro atoms. The molecule has 2 N–H and O–H groups in total. The van der Waals surface area contributed by atoms with Crippen LogP contribution in [0.15, 0.2) is 36.5 Å². The predicted octanol–water partition coefficient (Wildman–Crippen LogP) is 5.06. The van der Waals surface area contributed by atoms with Crippen LogP contribution in [0.1, 0.15) is 44.6 Å². The van der Waals surface area contributed by atoms with E-state index < -0.39 is 5.82 Å². The normalized spacial score (nSPS) is 21.2. The first kappa shape index (κ1) is 26.3. The molecule has 7 rings (SSSR count). The van der Waals surface area contributed by atoms with Crippen molar-refractivity contribution in [2.24, 2.45) is 0 Å². The van der Waals surface area contributed by atoms with Gasteiger partial charge in [0.1, 0.15) is 29.4 Å². The fraction of sp³-hybridized carbons (Fsp3) is 0.469. The van der Waals surface area contributed by atoms with E-state index in [9.17, 15) is 5.11 Å². The van der Waals surface area contributed by atoms with Crippen LogP contribution in [-0.2, 0) is 6.42 Å². The summed E-state index contributed by atoms with van der Waals surface area (Å²) in [4.78, 5) is 18.8. The van der Waals surface area contributed by atoms with Crippen molar-refractivity contribution >= 4 is 27.5 Å². The van der Waals surface area contributed by atoms with Crippen molar-refractivity contribution in [3.05, 3.63) is 47.9 Å². The molecule has 0 saturated carbocycles. The highest BCUT2D eigenvalue weighted by Gasteiger charge is 2.34. The molecule has 3 fully saturated rings. The molecule has 214 valence electrons. The molecule has 3 saturated heterocycles. The summed E-state index contributed by atoms with van der Waals surface area (Å²) >= 11 is 0. The largest absolute Gasteiger partial charge is 0.508 e. The molecule has 0 amide bonds. The minimum absolute atomic E-state index is 0.0726. The van der Waals surface area contributed by atoms with Crippen LogP contribution in [0, 0.1) is 5.82 Å². The number of nitrogens with zero attached hydrogens (tertiary/aromatic N) is 5. The van der Waals surface area contributed by atoms with Gasteiger partial charge in [0.15, 0.2) is 5.82 Å². The van der Waals surface area contributed by atoms with Crippen molar-refractivity contribution < 1.29 is 14.2 Å². The molecule has 8 nitrogen and oxygen atoms in total. The number of aryl methyl sites for hydroxylation is 1. The zero-order valence-electron chi connectivity index (χ0n) is 23.6. The fourth-order valence-electron chi connectivity index (χ4n) is 6.91. The molecule has 2 unspecified atom stereocenters. The average molecular weight is 557 g/mol. The predicted molar refractivity (Wildman–Crippen MR) is 159 cm³/mol. The number of hydrogen-bond acceptors (Lipinski definition) is 8. The number of aromatic nitrogens is 3. The molecule has 5 heterocycles. The van der Waals surface area contributed by atoms with Crippen molar-refractivity contribution in [2.45, 2.75) is 57.5 Å². The molecule has 4 aromatic rings. The van der Waals surface area contributed by atoms with Gasteiger partial charge in [-0.3, -0.25) is 9.88 Å². The molecule has 2 aromatic carbocycles. The standard InChI is InChI=1S/C32H37FN6O2/c1-2-20-7-6-8-21-15-24(40)16-25(27(20)21)29-28(33)30-26(17-34-29)31(39-18-22-9-10-23(19-39)35-22)37-32(36-30)41-14-13-38-11-4-3-5-12-38/h6-8,15-17,22-23,35,40H,2-5,9-14,18-19H2,1H3. The third-order valence-electron chi connectivity index (χ3n) is 8.93. The Balaban J connectivity index is 1.32. The number of piperazine rings is 1. The molecule has 3 aliphatic rings. The summed E-state index contributed by atoms with van der Waals surface area (Å²) in [6.07, 6.45) is 8.44. The quantitative estimate of drug-likeness (QED) is 0.327. The Morgan fingerprint density at radius 1 is 1.07 bits per heavy atom. The van der Waals surface area contributed by atoms with Crippen molar-refractivity contribution in [3.63, 3.8) is 0 Å². The summed E-state index contributed by atoms with van der Waals surface area (Å²) in [5, 5.41) is 16.5. The second-order valence-corrected chi connectivity index (χ2v) is 11.7.